The van der Waals surface area contributed by atoms with Gasteiger partial charge in [0.25, 0.3) is 0 Å². The van der Waals surface area contributed by atoms with E-state index in [-0.39, 0.29) is 0 Å². The van der Waals surface area contributed by atoms with Crippen molar-refractivity contribution < 1.29 is 0 Å². The van der Waals surface area contributed by atoms with Crippen molar-refractivity contribution in [1.29, 1.82) is 0 Å². The summed E-state index contributed by atoms with van der Waals surface area (Å²) in [6, 6.07) is 0. The van der Waals surface area contributed by atoms with Crippen LogP contribution in [0.5, 0.6) is 0 Å². The van der Waals surface area contributed by atoms with Crippen molar-refractivity contribution in [1.82, 2.24) is 4.90 Å². The van der Waals surface area contributed by atoms with E-state index < -0.39 is 0 Å². The fourth-order valence-electron chi connectivity index (χ4n) is 2.54. The summed E-state index contributed by atoms with van der Waals surface area (Å²) in [4.78, 5) is 2.47. The molecule has 0 atom stereocenters. The molecular weight excluding hydrogens is 218 g/mol. The molecule has 0 aliphatic carbocycles. The van der Waals surface area contributed by atoms with Gasteiger partial charge in [-0.05, 0) is 46.7 Å². The van der Waals surface area contributed by atoms with E-state index in [9.17, 15) is 0 Å². The molecule has 110 valence electrons. The number of rotatable bonds is 10. The Kier molecular flexibility index (Phi) is 9.81. The van der Waals surface area contributed by atoms with Gasteiger partial charge in [0.2, 0.25) is 0 Å². The largest absolute Gasteiger partial charge is 0.302 e. The Labute approximate surface area is 116 Å². The highest BCUT2D eigenvalue weighted by molar-refractivity contribution is 4.72. The Morgan fingerprint density at radius 2 is 1.39 bits per heavy atom. The highest BCUT2D eigenvalue weighted by Crippen LogP contribution is 2.21. The molecule has 0 saturated carbocycles. The van der Waals surface area contributed by atoms with Gasteiger partial charge >= 0.3 is 0 Å². The highest BCUT2D eigenvalue weighted by Gasteiger charge is 2.15. The molecule has 0 aromatic carbocycles. The third kappa shape index (κ3) is 8.97. The number of hydrogen-bond donors (Lipinski definition) is 0. The zero-order chi connectivity index (χ0) is 14.0. The second-order valence-corrected chi connectivity index (χ2v) is 6.89. The number of nitrogens with zero attached hydrogens (tertiary/aromatic N) is 1. The molecule has 0 fully saturated rings. The quantitative estimate of drug-likeness (QED) is 0.466. The normalized spacial score (nSPS) is 12.7. The molecule has 0 bridgehead atoms. The second kappa shape index (κ2) is 9.83. The minimum absolute atomic E-state index is 0.326. The first-order valence-corrected chi connectivity index (χ1v) is 8.13. The van der Waals surface area contributed by atoms with Crippen molar-refractivity contribution in [2.24, 2.45) is 5.92 Å². The first-order valence-electron chi connectivity index (χ1n) is 8.13. The Balaban J connectivity index is 3.59. The van der Waals surface area contributed by atoms with Gasteiger partial charge in [-0.25, -0.2) is 0 Å². The van der Waals surface area contributed by atoms with Crippen LogP contribution in [-0.2, 0) is 0 Å². The van der Waals surface area contributed by atoms with Crippen molar-refractivity contribution >= 4 is 0 Å². The molecule has 0 aliphatic rings. The third-order valence-electron chi connectivity index (χ3n) is 4.14. The Bertz CT molecular complexity index is 175. The van der Waals surface area contributed by atoms with Crippen molar-refractivity contribution in [3.63, 3.8) is 0 Å². The maximum Gasteiger partial charge on any atom is 0.0122 e. The van der Waals surface area contributed by atoms with Crippen molar-refractivity contribution in [3.05, 3.63) is 0 Å². The smallest absolute Gasteiger partial charge is 0.0122 e. The minimum Gasteiger partial charge on any atom is -0.302 e. The van der Waals surface area contributed by atoms with Crippen LogP contribution in [0.15, 0.2) is 0 Å². The van der Waals surface area contributed by atoms with Crippen LogP contribution in [0.25, 0.3) is 0 Å². The van der Waals surface area contributed by atoms with E-state index in [0.717, 1.165) is 5.92 Å². The standard InChI is InChI=1S/C17H37N/c1-7-12-16(13-8-2)14-10-9-11-15-18(6)17(3,4)5/h16H,7-15H2,1-6H3. The molecule has 0 radical (unpaired) electrons. The fraction of sp³-hybridized carbons (Fsp3) is 1.00. The summed E-state index contributed by atoms with van der Waals surface area (Å²) in [5.41, 5.74) is 0.326. The third-order valence-corrected chi connectivity index (χ3v) is 4.14. The molecule has 0 amide bonds. The van der Waals surface area contributed by atoms with E-state index >= 15 is 0 Å². The van der Waals surface area contributed by atoms with Crippen LogP contribution in [0.4, 0.5) is 0 Å². The van der Waals surface area contributed by atoms with E-state index in [1.165, 1.54) is 57.9 Å². The van der Waals surface area contributed by atoms with Gasteiger partial charge < -0.3 is 4.90 Å². The molecule has 0 heterocycles. The van der Waals surface area contributed by atoms with Gasteiger partial charge in [-0.1, -0.05) is 58.8 Å². The Morgan fingerprint density at radius 1 is 0.833 bits per heavy atom. The molecule has 0 aromatic heterocycles. The molecule has 0 spiro atoms. The van der Waals surface area contributed by atoms with Crippen LogP contribution in [-0.4, -0.2) is 24.0 Å². The fourth-order valence-corrected chi connectivity index (χ4v) is 2.54. The van der Waals surface area contributed by atoms with Crippen molar-refractivity contribution in [2.45, 2.75) is 91.5 Å². The maximum atomic E-state index is 2.47. The van der Waals surface area contributed by atoms with E-state index in [1.807, 2.05) is 0 Å². The average Bonchev–Trinajstić information content (AvgIpc) is 2.27. The zero-order valence-corrected chi connectivity index (χ0v) is 13.9. The first-order chi connectivity index (χ1) is 8.41. The average molecular weight is 255 g/mol. The molecule has 0 rings (SSSR count). The number of unbranched alkanes of at least 4 members (excludes halogenated alkanes) is 2. The van der Waals surface area contributed by atoms with Crippen LogP contribution in [0, 0.1) is 5.92 Å². The summed E-state index contributed by atoms with van der Waals surface area (Å²) in [7, 11) is 2.25. The molecule has 0 N–H and O–H groups in total. The lowest BCUT2D eigenvalue weighted by atomic mass is 9.92. The second-order valence-electron chi connectivity index (χ2n) is 6.89. The SMILES string of the molecule is CCCC(CCC)CCCCCN(C)C(C)(C)C. The van der Waals surface area contributed by atoms with E-state index in [2.05, 4.69) is 46.6 Å². The summed E-state index contributed by atoms with van der Waals surface area (Å²) in [5, 5.41) is 0. The van der Waals surface area contributed by atoms with Gasteiger partial charge in [0.05, 0.1) is 0 Å². The minimum atomic E-state index is 0.326. The lowest BCUT2D eigenvalue weighted by molar-refractivity contribution is 0.172. The Hall–Kier alpha value is -0.0400. The summed E-state index contributed by atoms with van der Waals surface area (Å²) in [6.45, 7) is 12.8. The van der Waals surface area contributed by atoms with E-state index in [0.29, 0.717) is 5.54 Å². The Morgan fingerprint density at radius 3 is 1.83 bits per heavy atom. The summed E-state index contributed by atoms with van der Waals surface area (Å²) >= 11 is 0. The van der Waals surface area contributed by atoms with Crippen LogP contribution in [0.3, 0.4) is 0 Å². The monoisotopic (exact) mass is 255 g/mol. The molecule has 18 heavy (non-hydrogen) atoms. The summed E-state index contributed by atoms with van der Waals surface area (Å²) in [6.07, 6.45) is 11.3. The first kappa shape index (κ1) is 18.0. The lowest BCUT2D eigenvalue weighted by Gasteiger charge is -2.31. The van der Waals surface area contributed by atoms with Gasteiger partial charge in [-0.3, -0.25) is 0 Å². The highest BCUT2D eigenvalue weighted by atomic mass is 15.1. The van der Waals surface area contributed by atoms with Gasteiger partial charge in [-0.2, -0.15) is 0 Å². The number of hydrogen-bond acceptors (Lipinski definition) is 1. The molecule has 0 unspecified atom stereocenters. The van der Waals surface area contributed by atoms with Crippen molar-refractivity contribution in [2.75, 3.05) is 13.6 Å². The van der Waals surface area contributed by atoms with Crippen LogP contribution in [0.1, 0.15) is 86.0 Å². The maximum absolute atomic E-state index is 2.47. The van der Waals surface area contributed by atoms with Crippen LogP contribution >= 0.6 is 0 Å². The summed E-state index contributed by atoms with van der Waals surface area (Å²) < 4.78 is 0. The lowest BCUT2D eigenvalue weighted by Crippen LogP contribution is -2.38. The molecule has 1 nitrogen and oxygen atoms in total. The zero-order valence-electron chi connectivity index (χ0n) is 13.9. The molecule has 0 aliphatic heterocycles. The molecule has 0 aromatic rings. The topological polar surface area (TPSA) is 3.24 Å². The van der Waals surface area contributed by atoms with Gasteiger partial charge in [0.1, 0.15) is 0 Å². The van der Waals surface area contributed by atoms with Crippen molar-refractivity contribution in [3.8, 4) is 0 Å². The van der Waals surface area contributed by atoms with Crippen LogP contribution < -0.4 is 0 Å². The predicted molar refractivity (Wildman–Crippen MR) is 84.2 cm³/mol. The molecule has 1 heteroatoms. The predicted octanol–water partition coefficient (Wildman–Crippen LogP) is 5.49. The van der Waals surface area contributed by atoms with Gasteiger partial charge in [-0.15, -0.1) is 0 Å². The summed E-state index contributed by atoms with van der Waals surface area (Å²) in [5.74, 6) is 1.00. The van der Waals surface area contributed by atoms with Gasteiger partial charge in [0, 0.05) is 5.54 Å². The van der Waals surface area contributed by atoms with E-state index in [4.69, 9.17) is 0 Å². The van der Waals surface area contributed by atoms with Gasteiger partial charge in [0.15, 0.2) is 0 Å². The molecular formula is C17H37N. The van der Waals surface area contributed by atoms with Crippen LogP contribution in [0.2, 0.25) is 0 Å². The molecule has 0 saturated heterocycles. The van der Waals surface area contributed by atoms with E-state index in [1.54, 1.807) is 0 Å².